The van der Waals surface area contributed by atoms with E-state index in [1.807, 2.05) is 0 Å². The molecule has 1 aromatic rings. The van der Waals surface area contributed by atoms with Gasteiger partial charge in [0, 0.05) is 6.07 Å². The van der Waals surface area contributed by atoms with Gasteiger partial charge in [-0.25, -0.2) is 0 Å². The SMILES string of the molecule is NC(=O)c1coc(C(F)(F)F)c1. The van der Waals surface area contributed by atoms with E-state index in [9.17, 15) is 18.0 Å². The van der Waals surface area contributed by atoms with Crippen LogP contribution in [-0.2, 0) is 6.18 Å². The largest absolute Gasteiger partial charge is 0.459 e. The van der Waals surface area contributed by atoms with Crippen LogP contribution in [0.5, 0.6) is 0 Å². The van der Waals surface area contributed by atoms with Crippen LogP contribution in [0, 0.1) is 0 Å². The zero-order valence-electron chi connectivity index (χ0n) is 5.68. The van der Waals surface area contributed by atoms with Gasteiger partial charge in [0.05, 0.1) is 5.56 Å². The van der Waals surface area contributed by atoms with Crippen molar-refractivity contribution in [2.24, 2.45) is 5.73 Å². The lowest BCUT2D eigenvalue weighted by atomic mass is 10.3. The Bertz CT molecular complexity index is 302. The highest BCUT2D eigenvalue weighted by Gasteiger charge is 2.35. The molecular formula is C6H4F3NO2. The Morgan fingerprint density at radius 1 is 1.50 bits per heavy atom. The molecule has 0 spiro atoms. The molecule has 66 valence electrons. The number of halogens is 3. The van der Waals surface area contributed by atoms with Crippen molar-refractivity contribution in [3.8, 4) is 0 Å². The second-order valence-corrected chi connectivity index (χ2v) is 2.06. The lowest BCUT2D eigenvalue weighted by Crippen LogP contribution is -2.09. The van der Waals surface area contributed by atoms with E-state index in [1.54, 1.807) is 0 Å². The van der Waals surface area contributed by atoms with Gasteiger partial charge in [-0.05, 0) is 0 Å². The number of amides is 1. The maximum atomic E-state index is 11.8. The number of hydrogen-bond acceptors (Lipinski definition) is 2. The number of carbonyl (C=O) groups is 1. The van der Waals surface area contributed by atoms with Crippen molar-refractivity contribution in [1.82, 2.24) is 0 Å². The van der Waals surface area contributed by atoms with Crippen molar-refractivity contribution in [3.05, 3.63) is 23.7 Å². The van der Waals surface area contributed by atoms with Crippen molar-refractivity contribution < 1.29 is 22.4 Å². The van der Waals surface area contributed by atoms with Gasteiger partial charge in [-0.3, -0.25) is 4.79 Å². The maximum absolute atomic E-state index is 11.8. The molecule has 0 aliphatic carbocycles. The number of carbonyl (C=O) groups excluding carboxylic acids is 1. The van der Waals surface area contributed by atoms with Crippen molar-refractivity contribution >= 4 is 5.91 Å². The first-order valence-electron chi connectivity index (χ1n) is 2.87. The predicted molar refractivity (Wildman–Crippen MR) is 32.2 cm³/mol. The molecule has 0 saturated carbocycles. The number of hydrogen-bond donors (Lipinski definition) is 1. The van der Waals surface area contributed by atoms with Crippen molar-refractivity contribution in [2.45, 2.75) is 6.18 Å². The summed E-state index contributed by atoms with van der Waals surface area (Å²) >= 11 is 0. The van der Waals surface area contributed by atoms with Gasteiger partial charge in [-0.15, -0.1) is 0 Å². The first kappa shape index (κ1) is 8.63. The van der Waals surface area contributed by atoms with Crippen LogP contribution in [-0.4, -0.2) is 5.91 Å². The van der Waals surface area contributed by atoms with Crippen LogP contribution in [0.15, 0.2) is 16.7 Å². The van der Waals surface area contributed by atoms with Crippen LogP contribution in [0.4, 0.5) is 13.2 Å². The average molecular weight is 179 g/mol. The summed E-state index contributed by atoms with van der Waals surface area (Å²) in [4.78, 5) is 10.3. The third-order valence-electron chi connectivity index (χ3n) is 1.16. The summed E-state index contributed by atoms with van der Waals surface area (Å²) in [6, 6.07) is 0.558. The third kappa shape index (κ3) is 1.58. The van der Waals surface area contributed by atoms with Gasteiger partial charge in [-0.2, -0.15) is 13.2 Å². The number of furan rings is 1. The standard InChI is InChI=1S/C6H4F3NO2/c7-6(8,9)4-1-3(2-12-4)5(10)11/h1-2H,(H2,10,11). The highest BCUT2D eigenvalue weighted by atomic mass is 19.4. The van der Waals surface area contributed by atoms with Gasteiger partial charge in [0.2, 0.25) is 5.76 Å². The van der Waals surface area contributed by atoms with Crippen molar-refractivity contribution in [3.63, 3.8) is 0 Å². The van der Waals surface area contributed by atoms with E-state index in [4.69, 9.17) is 5.73 Å². The molecule has 0 aliphatic heterocycles. The molecular weight excluding hydrogens is 175 g/mol. The topological polar surface area (TPSA) is 56.2 Å². The van der Waals surface area contributed by atoms with Gasteiger partial charge in [0.25, 0.3) is 5.91 Å². The molecule has 0 atom stereocenters. The van der Waals surface area contributed by atoms with Crippen LogP contribution in [0.1, 0.15) is 16.1 Å². The van der Waals surface area contributed by atoms with E-state index < -0.39 is 17.8 Å². The summed E-state index contributed by atoms with van der Waals surface area (Å²) in [6.45, 7) is 0. The van der Waals surface area contributed by atoms with Crippen LogP contribution < -0.4 is 5.73 Å². The highest BCUT2D eigenvalue weighted by molar-refractivity contribution is 5.92. The zero-order chi connectivity index (χ0) is 9.35. The minimum absolute atomic E-state index is 0.290. The molecule has 6 heteroatoms. The Hall–Kier alpha value is -1.46. The summed E-state index contributed by atoms with van der Waals surface area (Å²) in [5.41, 5.74) is 4.41. The minimum atomic E-state index is -4.58. The van der Waals surface area contributed by atoms with Crippen molar-refractivity contribution in [2.75, 3.05) is 0 Å². The smallest absolute Gasteiger partial charge is 0.449 e. The summed E-state index contributed by atoms with van der Waals surface area (Å²) < 4.78 is 39.5. The van der Waals surface area contributed by atoms with Crippen LogP contribution in [0.2, 0.25) is 0 Å². The molecule has 0 unspecified atom stereocenters. The van der Waals surface area contributed by atoms with E-state index in [-0.39, 0.29) is 5.56 Å². The second-order valence-electron chi connectivity index (χ2n) is 2.06. The second kappa shape index (κ2) is 2.54. The van der Waals surface area contributed by atoms with Crippen LogP contribution >= 0.6 is 0 Å². The van der Waals surface area contributed by atoms with Gasteiger partial charge in [0.15, 0.2) is 0 Å². The quantitative estimate of drug-likeness (QED) is 0.708. The zero-order valence-corrected chi connectivity index (χ0v) is 5.68. The first-order valence-corrected chi connectivity index (χ1v) is 2.87. The third-order valence-corrected chi connectivity index (χ3v) is 1.16. The van der Waals surface area contributed by atoms with E-state index in [2.05, 4.69) is 4.42 Å². The van der Waals surface area contributed by atoms with Crippen molar-refractivity contribution in [1.29, 1.82) is 0 Å². The fourth-order valence-electron chi connectivity index (χ4n) is 0.614. The summed E-state index contributed by atoms with van der Waals surface area (Å²) in [7, 11) is 0. The molecule has 12 heavy (non-hydrogen) atoms. The van der Waals surface area contributed by atoms with Crippen LogP contribution in [0.3, 0.4) is 0 Å². The van der Waals surface area contributed by atoms with Gasteiger partial charge in [-0.1, -0.05) is 0 Å². The Kier molecular flexibility index (Phi) is 1.83. The normalized spacial score (nSPS) is 11.6. The minimum Gasteiger partial charge on any atom is -0.459 e. The Morgan fingerprint density at radius 2 is 2.08 bits per heavy atom. The fraction of sp³-hybridized carbons (Fsp3) is 0.167. The maximum Gasteiger partial charge on any atom is 0.449 e. The summed E-state index contributed by atoms with van der Waals surface area (Å²) in [5.74, 6) is -2.18. The van der Waals surface area contributed by atoms with E-state index in [0.29, 0.717) is 12.3 Å². The van der Waals surface area contributed by atoms with Gasteiger partial charge >= 0.3 is 6.18 Å². The number of nitrogens with two attached hydrogens (primary N) is 1. The molecule has 0 aliphatic rings. The summed E-state index contributed by atoms with van der Waals surface area (Å²) in [5, 5.41) is 0. The highest BCUT2D eigenvalue weighted by Crippen LogP contribution is 2.30. The number of alkyl halides is 3. The molecule has 1 heterocycles. The average Bonchev–Trinajstić information content (AvgIpc) is 2.30. The molecule has 0 bridgehead atoms. The molecule has 1 aromatic heterocycles. The number of rotatable bonds is 1. The van der Waals surface area contributed by atoms with E-state index >= 15 is 0 Å². The van der Waals surface area contributed by atoms with Gasteiger partial charge < -0.3 is 10.2 Å². The molecule has 3 nitrogen and oxygen atoms in total. The molecule has 0 saturated heterocycles. The molecule has 1 rings (SSSR count). The number of primary amides is 1. The van der Waals surface area contributed by atoms with Gasteiger partial charge in [0.1, 0.15) is 6.26 Å². The Balaban J connectivity index is 3.00. The monoisotopic (exact) mass is 179 g/mol. The molecule has 1 amide bonds. The first-order chi connectivity index (χ1) is 5.41. The Labute approximate surface area is 65.0 Å². The predicted octanol–water partition coefficient (Wildman–Crippen LogP) is 1.40. The molecule has 2 N–H and O–H groups in total. The fourth-order valence-corrected chi connectivity index (χ4v) is 0.614. The van der Waals surface area contributed by atoms with Crippen LogP contribution in [0.25, 0.3) is 0 Å². The molecule has 0 aromatic carbocycles. The lowest BCUT2D eigenvalue weighted by Gasteiger charge is -1.98. The molecule has 0 radical (unpaired) electrons. The summed E-state index contributed by atoms with van der Waals surface area (Å²) in [6.07, 6.45) is -3.90. The lowest BCUT2D eigenvalue weighted by molar-refractivity contribution is -0.153. The molecule has 0 fully saturated rings. The van der Waals surface area contributed by atoms with E-state index in [1.165, 1.54) is 0 Å². The Morgan fingerprint density at radius 3 is 2.33 bits per heavy atom. The van der Waals surface area contributed by atoms with E-state index in [0.717, 1.165) is 0 Å².